The molecule has 0 aromatic heterocycles. The summed E-state index contributed by atoms with van der Waals surface area (Å²) >= 11 is 0. The summed E-state index contributed by atoms with van der Waals surface area (Å²) in [6.45, 7) is 10.8. The van der Waals surface area contributed by atoms with E-state index < -0.39 is 0 Å². The number of nitrogens with zero attached hydrogens (tertiary/aromatic N) is 1. The highest BCUT2D eigenvalue weighted by Gasteiger charge is 2.21. The highest BCUT2D eigenvalue weighted by atomic mass is 15.1. The molecule has 2 heteroatoms. The molecule has 0 spiro atoms. The average molecular weight is 268 g/mol. The third kappa shape index (κ3) is 7.94. The van der Waals surface area contributed by atoms with Crippen molar-refractivity contribution in [2.24, 2.45) is 11.8 Å². The molecule has 2 unspecified atom stereocenters. The molecule has 0 aromatic rings. The molecule has 0 amide bonds. The molecule has 0 saturated carbocycles. The monoisotopic (exact) mass is 268 g/mol. The van der Waals surface area contributed by atoms with Crippen LogP contribution in [0.1, 0.15) is 65.7 Å². The first-order valence-electron chi connectivity index (χ1n) is 8.51. The highest BCUT2D eigenvalue weighted by molar-refractivity contribution is 4.78. The summed E-state index contributed by atoms with van der Waals surface area (Å²) in [7, 11) is 2.26. The first-order chi connectivity index (χ1) is 9.09. The molecule has 1 aliphatic heterocycles. The van der Waals surface area contributed by atoms with E-state index in [4.69, 9.17) is 0 Å². The van der Waals surface area contributed by atoms with Gasteiger partial charge >= 0.3 is 0 Å². The molecule has 0 bridgehead atoms. The molecule has 1 heterocycles. The van der Waals surface area contributed by atoms with E-state index in [-0.39, 0.29) is 0 Å². The molecular weight excluding hydrogens is 232 g/mol. The van der Waals surface area contributed by atoms with Crippen LogP contribution in [0.5, 0.6) is 0 Å². The second-order valence-electron chi connectivity index (χ2n) is 7.00. The number of hydrogen-bond acceptors (Lipinski definition) is 2. The van der Waals surface area contributed by atoms with Gasteiger partial charge in [0.25, 0.3) is 0 Å². The Bertz CT molecular complexity index is 215. The Morgan fingerprint density at radius 1 is 1.11 bits per heavy atom. The molecule has 19 heavy (non-hydrogen) atoms. The minimum Gasteiger partial charge on any atom is -0.314 e. The van der Waals surface area contributed by atoms with Crippen LogP contribution in [0.25, 0.3) is 0 Å². The zero-order valence-electron chi connectivity index (χ0n) is 13.8. The van der Waals surface area contributed by atoms with E-state index in [9.17, 15) is 0 Å². The minimum atomic E-state index is 0.693. The lowest BCUT2D eigenvalue weighted by Gasteiger charge is -2.34. The van der Waals surface area contributed by atoms with Gasteiger partial charge in [-0.3, -0.25) is 0 Å². The summed E-state index contributed by atoms with van der Waals surface area (Å²) in [5, 5.41) is 3.75. The number of unbranched alkanes of at least 4 members (excludes halogenated alkanes) is 3. The van der Waals surface area contributed by atoms with Crippen LogP contribution in [0, 0.1) is 11.8 Å². The molecule has 2 nitrogen and oxygen atoms in total. The van der Waals surface area contributed by atoms with E-state index in [0.29, 0.717) is 6.04 Å². The summed E-state index contributed by atoms with van der Waals surface area (Å²) < 4.78 is 0. The van der Waals surface area contributed by atoms with E-state index in [0.717, 1.165) is 11.8 Å². The molecule has 114 valence electrons. The lowest BCUT2D eigenvalue weighted by atomic mass is 9.92. The fraction of sp³-hybridized carbons (Fsp3) is 1.00. The largest absolute Gasteiger partial charge is 0.314 e. The molecule has 1 aliphatic rings. The maximum Gasteiger partial charge on any atom is 0.00792 e. The minimum absolute atomic E-state index is 0.693. The fourth-order valence-corrected chi connectivity index (χ4v) is 3.14. The third-order valence-corrected chi connectivity index (χ3v) is 4.54. The predicted molar refractivity (Wildman–Crippen MR) is 85.6 cm³/mol. The quantitative estimate of drug-likeness (QED) is 0.638. The van der Waals surface area contributed by atoms with Gasteiger partial charge in [-0.15, -0.1) is 0 Å². The lowest BCUT2D eigenvalue weighted by Crippen LogP contribution is -2.43. The van der Waals surface area contributed by atoms with Crippen molar-refractivity contribution in [1.82, 2.24) is 10.2 Å². The van der Waals surface area contributed by atoms with Crippen molar-refractivity contribution in [3.05, 3.63) is 0 Å². The molecule has 1 N–H and O–H groups in total. The van der Waals surface area contributed by atoms with Crippen molar-refractivity contribution in [3.63, 3.8) is 0 Å². The second kappa shape index (κ2) is 9.77. The highest BCUT2D eigenvalue weighted by Crippen LogP contribution is 2.18. The van der Waals surface area contributed by atoms with E-state index in [1.54, 1.807) is 0 Å². The number of likely N-dealkylation sites (tertiary alicyclic amines) is 1. The van der Waals surface area contributed by atoms with Crippen molar-refractivity contribution < 1.29 is 0 Å². The zero-order chi connectivity index (χ0) is 14.1. The van der Waals surface area contributed by atoms with Gasteiger partial charge < -0.3 is 10.2 Å². The van der Waals surface area contributed by atoms with Gasteiger partial charge in [-0.2, -0.15) is 0 Å². The van der Waals surface area contributed by atoms with Crippen LogP contribution in [-0.2, 0) is 0 Å². The number of piperidine rings is 1. The Labute approximate surface area is 121 Å². The Kier molecular flexibility index (Phi) is 8.72. The maximum atomic E-state index is 3.75. The standard InChI is InChI=1S/C17H36N2/c1-15(2)10-7-5-6-8-12-18-16(3)17-11-9-13-19(4)14-17/h15-18H,5-14H2,1-4H3. The normalized spacial score (nSPS) is 22.9. The van der Waals surface area contributed by atoms with Crippen LogP contribution in [0.2, 0.25) is 0 Å². The van der Waals surface area contributed by atoms with Gasteiger partial charge in [0.05, 0.1) is 0 Å². The topological polar surface area (TPSA) is 15.3 Å². The van der Waals surface area contributed by atoms with Crippen LogP contribution < -0.4 is 5.32 Å². The second-order valence-corrected chi connectivity index (χ2v) is 7.00. The number of nitrogens with one attached hydrogen (secondary N) is 1. The Morgan fingerprint density at radius 2 is 1.84 bits per heavy atom. The van der Waals surface area contributed by atoms with Gasteiger partial charge in [0.2, 0.25) is 0 Å². The summed E-state index contributed by atoms with van der Waals surface area (Å²) in [4.78, 5) is 2.48. The molecule has 1 fully saturated rings. The average Bonchev–Trinajstić information content (AvgIpc) is 2.37. The molecule has 2 atom stereocenters. The first-order valence-corrected chi connectivity index (χ1v) is 8.51. The Balaban J connectivity index is 1.96. The zero-order valence-corrected chi connectivity index (χ0v) is 13.8. The van der Waals surface area contributed by atoms with Gasteiger partial charge in [-0.25, -0.2) is 0 Å². The fourth-order valence-electron chi connectivity index (χ4n) is 3.14. The van der Waals surface area contributed by atoms with Crippen LogP contribution in [0.4, 0.5) is 0 Å². The maximum absolute atomic E-state index is 3.75. The number of hydrogen-bond donors (Lipinski definition) is 1. The van der Waals surface area contributed by atoms with Gasteiger partial charge in [0.1, 0.15) is 0 Å². The molecule has 0 radical (unpaired) electrons. The van der Waals surface area contributed by atoms with Crippen molar-refractivity contribution in [2.45, 2.75) is 71.8 Å². The van der Waals surface area contributed by atoms with Gasteiger partial charge in [0.15, 0.2) is 0 Å². The van der Waals surface area contributed by atoms with Gasteiger partial charge in [-0.05, 0) is 58.2 Å². The van der Waals surface area contributed by atoms with Crippen LogP contribution in [0.15, 0.2) is 0 Å². The third-order valence-electron chi connectivity index (χ3n) is 4.54. The van der Waals surface area contributed by atoms with Crippen molar-refractivity contribution >= 4 is 0 Å². The summed E-state index contributed by atoms with van der Waals surface area (Å²) in [6.07, 6.45) is 9.77. The number of rotatable bonds is 9. The van der Waals surface area contributed by atoms with E-state index in [2.05, 4.69) is 38.0 Å². The SMILES string of the molecule is CC(C)CCCCCCNC(C)C1CCCN(C)C1. The molecule has 0 aliphatic carbocycles. The van der Waals surface area contributed by atoms with Crippen LogP contribution >= 0.6 is 0 Å². The molecule has 0 aromatic carbocycles. The summed E-state index contributed by atoms with van der Waals surface area (Å²) in [5.74, 6) is 1.74. The molecule has 1 saturated heterocycles. The van der Waals surface area contributed by atoms with Crippen molar-refractivity contribution in [1.29, 1.82) is 0 Å². The predicted octanol–water partition coefficient (Wildman–Crippen LogP) is 3.91. The first kappa shape index (κ1) is 17.0. The van der Waals surface area contributed by atoms with Crippen LogP contribution in [-0.4, -0.2) is 37.6 Å². The Morgan fingerprint density at radius 3 is 2.53 bits per heavy atom. The molecular formula is C17H36N2. The van der Waals surface area contributed by atoms with Gasteiger partial charge in [-0.1, -0.05) is 39.5 Å². The summed E-state index contributed by atoms with van der Waals surface area (Å²) in [5.41, 5.74) is 0. The van der Waals surface area contributed by atoms with Crippen molar-refractivity contribution in [3.8, 4) is 0 Å². The molecule has 1 rings (SSSR count). The smallest absolute Gasteiger partial charge is 0.00792 e. The van der Waals surface area contributed by atoms with Crippen molar-refractivity contribution in [2.75, 3.05) is 26.7 Å². The lowest BCUT2D eigenvalue weighted by molar-refractivity contribution is 0.179. The Hall–Kier alpha value is -0.0800. The van der Waals surface area contributed by atoms with E-state index in [1.165, 1.54) is 64.6 Å². The van der Waals surface area contributed by atoms with E-state index >= 15 is 0 Å². The summed E-state index contributed by atoms with van der Waals surface area (Å²) in [6, 6.07) is 0.693. The van der Waals surface area contributed by atoms with E-state index in [1.807, 2.05) is 0 Å². The van der Waals surface area contributed by atoms with Crippen LogP contribution in [0.3, 0.4) is 0 Å². The van der Waals surface area contributed by atoms with Gasteiger partial charge in [0, 0.05) is 12.6 Å².